The standard InChI is InChI=1S/C12H14O2.C12H12O2/c2*1-7-4-8(2)11-9(3)12(13)14-6-10(11)5-7/h4-5,9H,6H2,1-3H3;4-5H,3,6H2,1-2H3. The normalized spacial score (nSPS) is 17.6. The third-order valence-corrected chi connectivity index (χ3v) is 5.24. The fourth-order valence-corrected chi connectivity index (χ4v) is 4.13. The highest BCUT2D eigenvalue weighted by Gasteiger charge is 2.27. The molecule has 0 fully saturated rings. The van der Waals surface area contributed by atoms with Crippen LogP contribution in [0, 0.1) is 27.7 Å². The molecule has 1 unspecified atom stereocenters. The van der Waals surface area contributed by atoms with Crippen molar-refractivity contribution in [3.63, 3.8) is 0 Å². The van der Waals surface area contributed by atoms with Crippen LogP contribution in [0.3, 0.4) is 0 Å². The first kappa shape index (κ1) is 19.9. The summed E-state index contributed by atoms with van der Waals surface area (Å²) < 4.78 is 10.1. The number of ether oxygens (including phenoxy) is 2. The van der Waals surface area contributed by atoms with Gasteiger partial charge in [0.05, 0.1) is 11.5 Å². The number of hydrogen-bond acceptors (Lipinski definition) is 4. The molecule has 2 heterocycles. The Balaban J connectivity index is 0.000000161. The fourth-order valence-electron chi connectivity index (χ4n) is 4.13. The van der Waals surface area contributed by atoms with Crippen molar-refractivity contribution in [2.75, 3.05) is 0 Å². The number of rotatable bonds is 0. The number of esters is 2. The Morgan fingerprint density at radius 2 is 1.43 bits per heavy atom. The highest BCUT2D eigenvalue weighted by atomic mass is 16.5. The van der Waals surface area contributed by atoms with E-state index in [1.165, 1.54) is 16.7 Å². The van der Waals surface area contributed by atoms with Crippen LogP contribution in [0.15, 0.2) is 30.8 Å². The number of hydrogen-bond donors (Lipinski definition) is 0. The van der Waals surface area contributed by atoms with Crippen LogP contribution in [-0.2, 0) is 32.3 Å². The molecule has 0 spiro atoms. The van der Waals surface area contributed by atoms with Crippen molar-refractivity contribution in [3.05, 3.63) is 75.4 Å². The first-order valence-electron chi connectivity index (χ1n) is 9.42. The van der Waals surface area contributed by atoms with Crippen molar-refractivity contribution in [2.45, 2.75) is 53.8 Å². The maximum absolute atomic E-state index is 11.4. The van der Waals surface area contributed by atoms with E-state index in [0.717, 1.165) is 27.8 Å². The molecule has 2 aliphatic heterocycles. The van der Waals surface area contributed by atoms with Crippen LogP contribution in [0.1, 0.15) is 57.3 Å². The average molecular weight is 378 g/mol. The van der Waals surface area contributed by atoms with Crippen LogP contribution in [0.5, 0.6) is 0 Å². The molecule has 4 nitrogen and oxygen atoms in total. The molecule has 0 saturated carbocycles. The minimum atomic E-state index is -0.301. The van der Waals surface area contributed by atoms with Gasteiger partial charge in [-0.1, -0.05) is 42.0 Å². The maximum Gasteiger partial charge on any atom is 0.338 e. The van der Waals surface area contributed by atoms with Gasteiger partial charge in [-0.15, -0.1) is 0 Å². The number of aryl methyl sites for hydroxylation is 4. The van der Waals surface area contributed by atoms with Gasteiger partial charge in [-0.3, -0.25) is 4.79 Å². The van der Waals surface area contributed by atoms with Gasteiger partial charge in [0.15, 0.2) is 0 Å². The highest BCUT2D eigenvalue weighted by molar-refractivity contribution is 6.17. The molecule has 2 aromatic rings. The Kier molecular flexibility index (Phi) is 5.41. The lowest BCUT2D eigenvalue weighted by Crippen LogP contribution is -2.21. The van der Waals surface area contributed by atoms with Gasteiger partial charge in [-0.05, 0) is 68.0 Å². The van der Waals surface area contributed by atoms with Gasteiger partial charge in [-0.2, -0.15) is 0 Å². The van der Waals surface area contributed by atoms with E-state index in [-0.39, 0.29) is 17.9 Å². The number of carbonyl (C=O) groups excluding carboxylic acids is 2. The summed E-state index contributed by atoms with van der Waals surface area (Å²) in [5, 5.41) is 0. The van der Waals surface area contributed by atoms with Gasteiger partial charge in [0, 0.05) is 0 Å². The molecular weight excluding hydrogens is 352 g/mol. The average Bonchev–Trinajstić information content (AvgIpc) is 2.61. The number of fused-ring (bicyclic) bond motifs is 2. The van der Waals surface area contributed by atoms with Gasteiger partial charge in [0.1, 0.15) is 13.2 Å². The van der Waals surface area contributed by atoms with Crippen LogP contribution in [0.2, 0.25) is 0 Å². The van der Waals surface area contributed by atoms with Crippen LogP contribution in [-0.4, -0.2) is 11.9 Å². The van der Waals surface area contributed by atoms with E-state index in [0.29, 0.717) is 18.8 Å². The first-order chi connectivity index (χ1) is 13.2. The summed E-state index contributed by atoms with van der Waals surface area (Å²) in [6.45, 7) is 14.6. The lowest BCUT2D eigenvalue weighted by Gasteiger charge is -2.24. The molecule has 0 saturated heterocycles. The maximum atomic E-state index is 11.4. The highest BCUT2D eigenvalue weighted by Crippen LogP contribution is 2.31. The van der Waals surface area contributed by atoms with Crippen molar-refractivity contribution in [3.8, 4) is 0 Å². The van der Waals surface area contributed by atoms with Gasteiger partial charge >= 0.3 is 11.9 Å². The summed E-state index contributed by atoms with van der Waals surface area (Å²) in [7, 11) is 0. The molecule has 0 aliphatic carbocycles. The zero-order valence-corrected chi connectivity index (χ0v) is 17.1. The topological polar surface area (TPSA) is 52.6 Å². The largest absolute Gasteiger partial charge is 0.460 e. The summed E-state index contributed by atoms with van der Waals surface area (Å²) >= 11 is 0. The van der Waals surface area contributed by atoms with Crippen molar-refractivity contribution >= 4 is 17.5 Å². The molecule has 28 heavy (non-hydrogen) atoms. The predicted octanol–water partition coefficient (Wildman–Crippen LogP) is 4.84. The second-order valence-corrected chi connectivity index (χ2v) is 7.65. The summed E-state index contributed by atoms with van der Waals surface area (Å²) in [4.78, 5) is 22.6. The minimum absolute atomic E-state index is 0.107. The number of carbonyl (C=O) groups is 2. The Hall–Kier alpha value is -2.88. The fraction of sp³-hybridized carbons (Fsp3) is 0.333. The lowest BCUT2D eigenvalue weighted by molar-refractivity contribution is -0.147. The molecule has 0 amide bonds. The summed E-state index contributed by atoms with van der Waals surface area (Å²) in [6, 6.07) is 8.32. The summed E-state index contributed by atoms with van der Waals surface area (Å²) in [5.41, 5.74) is 9.54. The quantitative estimate of drug-likeness (QED) is 0.486. The van der Waals surface area contributed by atoms with E-state index in [9.17, 15) is 9.59 Å². The zero-order valence-electron chi connectivity index (χ0n) is 17.1. The third-order valence-electron chi connectivity index (χ3n) is 5.24. The van der Waals surface area contributed by atoms with Crippen molar-refractivity contribution in [1.29, 1.82) is 0 Å². The Morgan fingerprint density at radius 1 is 0.857 bits per heavy atom. The van der Waals surface area contributed by atoms with Gasteiger partial charge < -0.3 is 9.47 Å². The van der Waals surface area contributed by atoms with Crippen LogP contribution in [0.25, 0.3) is 5.57 Å². The van der Waals surface area contributed by atoms with Gasteiger partial charge in [0.2, 0.25) is 0 Å². The zero-order chi connectivity index (χ0) is 20.6. The van der Waals surface area contributed by atoms with Gasteiger partial charge in [-0.25, -0.2) is 4.79 Å². The van der Waals surface area contributed by atoms with Crippen molar-refractivity contribution < 1.29 is 19.1 Å². The van der Waals surface area contributed by atoms with Crippen molar-refractivity contribution in [2.24, 2.45) is 0 Å². The SMILES string of the molecule is C=C1C(=O)OCc2cc(C)cc(C)c21.Cc1cc(C)c2c(c1)COC(=O)C2C. The lowest BCUT2D eigenvalue weighted by atomic mass is 9.88. The predicted molar refractivity (Wildman–Crippen MR) is 109 cm³/mol. The second kappa shape index (κ2) is 7.63. The molecule has 0 radical (unpaired) electrons. The monoisotopic (exact) mass is 378 g/mol. The van der Waals surface area contributed by atoms with E-state index in [4.69, 9.17) is 9.47 Å². The molecular formula is C24H26O4. The summed E-state index contributed by atoms with van der Waals surface area (Å²) in [5.74, 6) is -0.520. The molecule has 1 atom stereocenters. The van der Waals surface area contributed by atoms with E-state index < -0.39 is 0 Å². The third kappa shape index (κ3) is 3.72. The second-order valence-electron chi connectivity index (χ2n) is 7.65. The number of benzene rings is 2. The molecule has 0 aromatic heterocycles. The summed E-state index contributed by atoms with van der Waals surface area (Å²) in [6.07, 6.45) is 0. The number of cyclic esters (lactones) is 2. The van der Waals surface area contributed by atoms with Crippen LogP contribution >= 0.6 is 0 Å². The van der Waals surface area contributed by atoms with Crippen molar-refractivity contribution in [1.82, 2.24) is 0 Å². The van der Waals surface area contributed by atoms with E-state index in [1.807, 2.05) is 26.8 Å². The molecule has 0 N–H and O–H groups in total. The Labute approximate surface area is 166 Å². The molecule has 0 bridgehead atoms. The van der Waals surface area contributed by atoms with Crippen LogP contribution < -0.4 is 0 Å². The Morgan fingerprint density at radius 3 is 2.11 bits per heavy atom. The molecule has 146 valence electrons. The smallest absolute Gasteiger partial charge is 0.338 e. The van der Waals surface area contributed by atoms with Gasteiger partial charge in [0.25, 0.3) is 0 Å². The minimum Gasteiger partial charge on any atom is -0.460 e. The van der Waals surface area contributed by atoms with E-state index >= 15 is 0 Å². The Bertz CT molecular complexity index is 985. The van der Waals surface area contributed by atoms with E-state index in [1.54, 1.807) is 0 Å². The molecule has 4 heteroatoms. The molecule has 2 aromatic carbocycles. The van der Waals surface area contributed by atoms with Crippen LogP contribution in [0.4, 0.5) is 0 Å². The molecule has 2 aliphatic rings. The molecule has 4 rings (SSSR count). The van der Waals surface area contributed by atoms with E-state index in [2.05, 4.69) is 38.6 Å². The first-order valence-corrected chi connectivity index (χ1v) is 9.42.